The molecule has 0 saturated heterocycles. The van der Waals surface area contributed by atoms with Gasteiger partial charge < -0.3 is 4.74 Å². The van der Waals surface area contributed by atoms with E-state index in [0.717, 1.165) is 18.6 Å². The van der Waals surface area contributed by atoms with Crippen LogP contribution in [0.15, 0.2) is 36.4 Å². The number of hydrogen-bond acceptors (Lipinski definition) is 3. The molecule has 0 unspecified atom stereocenters. The molecule has 0 fully saturated rings. The molecule has 2 rings (SSSR count). The molecule has 4 heteroatoms. The number of para-hydroxylation sites is 1. The van der Waals surface area contributed by atoms with Crippen LogP contribution in [-0.2, 0) is 6.42 Å². The third-order valence-electron chi connectivity index (χ3n) is 2.16. The minimum absolute atomic E-state index is 0.411. The Morgan fingerprint density at radius 2 is 1.94 bits per heavy atom. The number of aromatic nitrogens is 2. The lowest BCUT2D eigenvalue weighted by molar-refractivity contribution is 0.458. The highest BCUT2D eigenvalue weighted by molar-refractivity contribution is 6.29. The molecule has 1 aromatic carbocycles. The molecule has 0 spiro atoms. The molecule has 2 aromatic rings. The number of halogens is 1. The average Bonchev–Trinajstić information content (AvgIpc) is 2.30. The number of benzene rings is 1. The van der Waals surface area contributed by atoms with Crippen LogP contribution in [-0.4, -0.2) is 9.97 Å². The van der Waals surface area contributed by atoms with Crippen molar-refractivity contribution in [3.05, 3.63) is 47.4 Å². The molecule has 0 atom stereocenters. The summed E-state index contributed by atoms with van der Waals surface area (Å²) in [4.78, 5) is 8.44. The molecule has 1 heterocycles. The number of aryl methyl sites for hydroxylation is 1. The van der Waals surface area contributed by atoms with Gasteiger partial charge in [-0.25, -0.2) is 4.98 Å². The highest BCUT2D eigenvalue weighted by atomic mass is 35.5. The van der Waals surface area contributed by atoms with E-state index in [-0.39, 0.29) is 0 Å². The molecule has 0 N–H and O–H groups in total. The van der Waals surface area contributed by atoms with Crippen molar-refractivity contribution < 1.29 is 4.74 Å². The lowest BCUT2D eigenvalue weighted by atomic mass is 10.3. The second-order valence-electron chi connectivity index (χ2n) is 3.61. The van der Waals surface area contributed by atoms with Gasteiger partial charge in [0.1, 0.15) is 16.7 Å². The SMILES string of the molecule is CCCc1nc(Cl)cc(Oc2ccccc2)n1. The maximum Gasteiger partial charge on any atom is 0.224 e. The van der Waals surface area contributed by atoms with Gasteiger partial charge in [0.25, 0.3) is 0 Å². The van der Waals surface area contributed by atoms with E-state index in [1.165, 1.54) is 0 Å². The number of nitrogens with zero attached hydrogens (tertiary/aromatic N) is 2. The summed E-state index contributed by atoms with van der Waals surface area (Å²) in [5, 5.41) is 0.411. The largest absolute Gasteiger partial charge is 0.439 e. The normalized spacial score (nSPS) is 10.2. The first-order valence-corrected chi connectivity index (χ1v) is 5.92. The molecule has 17 heavy (non-hydrogen) atoms. The first-order chi connectivity index (χ1) is 8.28. The fraction of sp³-hybridized carbons (Fsp3) is 0.231. The van der Waals surface area contributed by atoms with Crippen molar-refractivity contribution in [1.29, 1.82) is 0 Å². The molecule has 0 radical (unpaired) electrons. The molecule has 0 amide bonds. The van der Waals surface area contributed by atoms with Gasteiger partial charge in [-0.05, 0) is 18.6 Å². The summed E-state index contributed by atoms with van der Waals surface area (Å²) in [7, 11) is 0. The van der Waals surface area contributed by atoms with Gasteiger partial charge in [-0.1, -0.05) is 36.7 Å². The van der Waals surface area contributed by atoms with E-state index in [4.69, 9.17) is 16.3 Å². The Kier molecular flexibility index (Phi) is 3.94. The van der Waals surface area contributed by atoms with E-state index < -0.39 is 0 Å². The fourth-order valence-electron chi connectivity index (χ4n) is 1.44. The first kappa shape index (κ1) is 11.9. The fourth-order valence-corrected chi connectivity index (χ4v) is 1.63. The standard InChI is InChI=1S/C13H13ClN2O/c1-2-6-12-15-11(14)9-13(16-12)17-10-7-4-3-5-8-10/h3-5,7-9H,2,6H2,1H3. The Hall–Kier alpha value is -1.61. The lowest BCUT2D eigenvalue weighted by Gasteiger charge is -2.06. The Morgan fingerprint density at radius 1 is 1.18 bits per heavy atom. The average molecular weight is 249 g/mol. The van der Waals surface area contributed by atoms with E-state index in [1.807, 2.05) is 30.3 Å². The molecule has 1 aromatic heterocycles. The van der Waals surface area contributed by atoms with Crippen molar-refractivity contribution in [2.75, 3.05) is 0 Å². The molecular weight excluding hydrogens is 236 g/mol. The van der Waals surface area contributed by atoms with E-state index in [1.54, 1.807) is 6.07 Å². The molecule has 0 aliphatic rings. The molecular formula is C13H13ClN2O. The van der Waals surface area contributed by atoms with E-state index in [2.05, 4.69) is 16.9 Å². The second kappa shape index (κ2) is 5.64. The second-order valence-corrected chi connectivity index (χ2v) is 4.00. The zero-order valence-electron chi connectivity index (χ0n) is 9.56. The predicted octanol–water partition coefficient (Wildman–Crippen LogP) is 3.87. The minimum Gasteiger partial charge on any atom is -0.439 e. The highest BCUT2D eigenvalue weighted by Crippen LogP contribution is 2.21. The Bertz CT molecular complexity index is 488. The first-order valence-electron chi connectivity index (χ1n) is 5.54. The van der Waals surface area contributed by atoms with Crippen LogP contribution in [0.3, 0.4) is 0 Å². The van der Waals surface area contributed by atoms with Crippen LogP contribution in [0, 0.1) is 0 Å². The lowest BCUT2D eigenvalue weighted by Crippen LogP contribution is -1.97. The van der Waals surface area contributed by atoms with E-state index >= 15 is 0 Å². The Morgan fingerprint density at radius 3 is 2.65 bits per heavy atom. The van der Waals surface area contributed by atoms with E-state index in [9.17, 15) is 0 Å². The summed E-state index contributed by atoms with van der Waals surface area (Å²) in [6.45, 7) is 2.07. The van der Waals surface area contributed by atoms with Crippen molar-refractivity contribution in [3.63, 3.8) is 0 Å². The summed E-state index contributed by atoms with van der Waals surface area (Å²) >= 11 is 5.92. The molecule has 0 saturated carbocycles. The monoisotopic (exact) mass is 248 g/mol. The van der Waals surface area contributed by atoms with Crippen LogP contribution in [0.25, 0.3) is 0 Å². The van der Waals surface area contributed by atoms with Gasteiger partial charge >= 0.3 is 0 Å². The minimum atomic E-state index is 0.411. The van der Waals surface area contributed by atoms with Crippen molar-refractivity contribution in [3.8, 4) is 11.6 Å². The summed E-state index contributed by atoms with van der Waals surface area (Å²) in [6.07, 6.45) is 1.77. The van der Waals surface area contributed by atoms with Crippen LogP contribution < -0.4 is 4.74 Å². The number of rotatable bonds is 4. The Labute approximate surface area is 105 Å². The van der Waals surface area contributed by atoms with Gasteiger partial charge in [0, 0.05) is 12.5 Å². The smallest absolute Gasteiger partial charge is 0.224 e. The summed E-state index contributed by atoms with van der Waals surface area (Å²) in [6, 6.07) is 11.1. The van der Waals surface area contributed by atoms with Gasteiger partial charge in [0.15, 0.2) is 0 Å². The quantitative estimate of drug-likeness (QED) is 0.771. The summed E-state index contributed by atoms with van der Waals surface area (Å²) in [5.74, 6) is 1.94. The summed E-state index contributed by atoms with van der Waals surface area (Å²) in [5.41, 5.74) is 0. The van der Waals surface area contributed by atoms with Crippen molar-refractivity contribution in [1.82, 2.24) is 9.97 Å². The van der Waals surface area contributed by atoms with Gasteiger partial charge in [-0.15, -0.1) is 0 Å². The maximum absolute atomic E-state index is 5.92. The third-order valence-corrected chi connectivity index (χ3v) is 2.35. The van der Waals surface area contributed by atoms with Gasteiger partial charge in [-0.2, -0.15) is 4.98 Å². The predicted molar refractivity (Wildman–Crippen MR) is 67.6 cm³/mol. The van der Waals surface area contributed by atoms with Gasteiger partial charge in [0.05, 0.1) is 0 Å². The molecule has 3 nitrogen and oxygen atoms in total. The molecule has 0 aliphatic carbocycles. The van der Waals surface area contributed by atoms with Crippen LogP contribution in [0.2, 0.25) is 5.15 Å². The number of hydrogen-bond donors (Lipinski definition) is 0. The molecule has 0 aliphatic heterocycles. The zero-order chi connectivity index (χ0) is 12.1. The summed E-state index contributed by atoms with van der Waals surface area (Å²) < 4.78 is 5.61. The van der Waals surface area contributed by atoms with Crippen molar-refractivity contribution in [2.45, 2.75) is 19.8 Å². The zero-order valence-corrected chi connectivity index (χ0v) is 10.3. The molecule has 88 valence electrons. The number of ether oxygens (including phenoxy) is 1. The topological polar surface area (TPSA) is 35.0 Å². The maximum atomic E-state index is 5.92. The highest BCUT2D eigenvalue weighted by Gasteiger charge is 2.04. The van der Waals surface area contributed by atoms with Crippen LogP contribution in [0.5, 0.6) is 11.6 Å². The van der Waals surface area contributed by atoms with E-state index in [0.29, 0.717) is 16.9 Å². The van der Waals surface area contributed by atoms with Crippen molar-refractivity contribution >= 4 is 11.6 Å². The van der Waals surface area contributed by atoms with Crippen LogP contribution >= 0.6 is 11.6 Å². The molecule has 0 bridgehead atoms. The van der Waals surface area contributed by atoms with Crippen LogP contribution in [0.4, 0.5) is 0 Å². The Balaban J connectivity index is 2.21. The van der Waals surface area contributed by atoms with Gasteiger partial charge in [0.2, 0.25) is 5.88 Å². The van der Waals surface area contributed by atoms with Crippen LogP contribution in [0.1, 0.15) is 19.2 Å². The van der Waals surface area contributed by atoms with Gasteiger partial charge in [-0.3, -0.25) is 0 Å². The third kappa shape index (κ3) is 3.43. The van der Waals surface area contributed by atoms with Crippen molar-refractivity contribution in [2.24, 2.45) is 0 Å².